The number of nitrogens with zero attached hydrogens (tertiary/aromatic N) is 3. The summed E-state index contributed by atoms with van der Waals surface area (Å²) in [5, 5.41) is 13.5. The molecule has 1 N–H and O–H groups in total. The number of anilines is 1. The van der Waals surface area contributed by atoms with Gasteiger partial charge in [0.25, 0.3) is 5.91 Å². The number of hydrogen-bond acceptors (Lipinski definition) is 6. The normalized spacial score (nSPS) is 13.8. The highest BCUT2D eigenvalue weighted by Gasteiger charge is 2.28. The third-order valence-corrected chi connectivity index (χ3v) is 6.63. The molecule has 4 aromatic rings. The van der Waals surface area contributed by atoms with E-state index >= 15 is 0 Å². The SMILES string of the molecule is O=C(Nc1nnc(C2CC2)s1)c1cc(-c2ccc(Cl)s2)nc2ccccc12. The monoisotopic (exact) mass is 412 g/mol. The molecular formula is C19H13ClN4OS2. The number of hydrogen-bond donors (Lipinski definition) is 1. The van der Waals surface area contributed by atoms with Crippen LogP contribution in [0.15, 0.2) is 42.5 Å². The zero-order chi connectivity index (χ0) is 18.4. The van der Waals surface area contributed by atoms with Gasteiger partial charge >= 0.3 is 0 Å². The Morgan fingerprint density at radius 2 is 1.96 bits per heavy atom. The fourth-order valence-corrected chi connectivity index (χ4v) is 4.80. The van der Waals surface area contributed by atoms with Gasteiger partial charge in [-0.2, -0.15) is 0 Å². The van der Waals surface area contributed by atoms with Crippen molar-refractivity contribution in [3.05, 3.63) is 57.4 Å². The van der Waals surface area contributed by atoms with Crippen molar-refractivity contribution in [2.24, 2.45) is 0 Å². The smallest absolute Gasteiger partial charge is 0.258 e. The minimum atomic E-state index is -0.212. The van der Waals surface area contributed by atoms with Gasteiger partial charge in [0, 0.05) is 11.3 Å². The van der Waals surface area contributed by atoms with E-state index in [-0.39, 0.29) is 5.91 Å². The van der Waals surface area contributed by atoms with E-state index in [0.717, 1.165) is 39.3 Å². The van der Waals surface area contributed by atoms with E-state index in [0.29, 0.717) is 20.9 Å². The second-order valence-electron chi connectivity index (χ2n) is 6.35. The fourth-order valence-electron chi connectivity index (χ4n) is 2.89. The maximum Gasteiger partial charge on any atom is 0.258 e. The van der Waals surface area contributed by atoms with Gasteiger partial charge in [-0.1, -0.05) is 41.1 Å². The lowest BCUT2D eigenvalue weighted by Crippen LogP contribution is -2.13. The van der Waals surface area contributed by atoms with Crippen LogP contribution >= 0.6 is 34.3 Å². The number of thiophene rings is 1. The first-order valence-corrected chi connectivity index (χ1v) is 10.5. The Kier molecular flexibility index (Phi) is 4.15. The second kappa shape index (κ2) is 6.67. The molecule has 1 aromatic carbocycles. The van der Waals surface area contributed by atoms with Crippen LogP contribution in [-0.2, 0) is 0 Å². The highest BCUT2D eigenvalue weighted by molar-refractivity contribution is 7.19. The van der Waals surface area contributed by atoms with Gasteiger partial charge in [-0.25, -0.2) is 4.98 Å². The molecule has 0 unspecified atom stereocenters. The Morgan fingerprint density at radius 3 is 2.74 bits per heavy atom. The van der Waals surface area contributed by atoms with Crippen molar-refractivity contribution >= 4 is 56.2 Å². The van der Waals surface area contributed by atoms with E-state index in [1.165, 1.54) is 22.7 Å². The predicted octanol–water partition coefficient (Wildman–Crippen LogP) is 5.60. The molecule has 0 aliphatic heterocycles. The second-order valence-corrected chi connectivity index (χ2v) is 9.07. The predicted molar refractivity (Wildman–Crippen MR) is 110 cm³/mol. The van der Waals surface area contributed by atoms with Crippen LogP contribution in [0.1, 0.15) is 34.1 Å². The van der Waals surface area contributed by atoms with Crippen LogP contribution in [0, 0.1) is 0 Å². The lowest BCUT2D eigenvalue weighted by Gasteiger charge is -2.08. The van der Waals surface area contributed by atoms with Crippen LogP contribution in [0.2, 0.25) is 4.34 Å². The highest BCUT2D eigenvalue weighted by atomic mass is 35.5. The molecule has 5 nitrogen and oxygen atoms in total. The molecule has 0 saturated heterocycles. The van der Waals surface area contributed by atoms with Crippen molar-refractivity contribution in [2.45, 2.75) is 18.8 Å². The van der Waals surface area contributed by atoms with E-state index in [1.54, 1.807) is 0 Å². The number of para-hydroxylation sites is 1. The molecule has 1 aliphatic carbocycles. The average molecular weight is 413 g/mol. The minimum absolute atomic E-state index is 0.212. The molecule has 8 heteroatoms. The first-order chi connectivity index (χ1) is 13.2. The summed E-state index contributed by atoms with van der Waals surface area (Å²) in [5.41, 5.74) is 2.05. The Balaban J connectivity index is 1.54. The van der Waals surface area contributed by atoms with Crippen molar-refractivity contribution < 1.29 is 4.79 Å². The van der Waals surface area contributed by atoms with Crippen LogP contribution < -0.4 is 5.32 Å². The van der Waals surface area contributed by atoms with Gasteiger partial charge in [0.2, 0.25) is 5.13 Å². The van der Waals surface area contributed by atoms with Gasteiger partial charge in [-0.15, -0.1) is 21.5 Å². The van der Waals surface area contributed by atoms with Crippen LogP contribution in [0.3, 0.4) is 0 Å². The third-order valence-electron chi connectivity index (χ3n) is 4.37. The summed E-state index contributed by atoms with van der Waals surface area (Å²) in [6.45, 7) is 0. The number of rotatable bonds is 4. The standard InChI is InChI=1S/C19H13ClN4OS2/c20-16-8-7-15(26-16)14-9-12(11-3-1-2-4-13(11)21-14)17(25)22-19-24-23-18(27-19)10-5-6-10/h1-4,7-10H,5-6H2,(H,22,24,25). The quantitative estimate of drug-likeness (QED) is 0.473. The van der Waals surface area contributed by atoms with E-state index in [2.05, 4.69) is 15.5 Å². The zero-order valence-electron chi connectivity index (χ0n) is 14.0. The van der Waals surface area contributed by atoms with E-state index < -0.39 is 0 Å². The summed E-state index contributed by atoms with van der Waals surface area (Å²) < 4.78 is 0.687. The molecule has 3 aromatic heterocycles. The average Bonchev–Trinajstić information content (AvgIpc) is 3.27. The van der Waals surface area contributed by atoms with Crippen LogP contribution in [-0.4, -0.2) is 21.1 Å². The van der Waals surface area contributed by atoms with Gasteiger partial charge in [-0.3, -0.25) is 10.1 Å². The van der Waals surface area contributed by atoms with Crippen LogP contribution in [0.25, 0.3) is 21.5 Å². The number of halogens is 1. The molecule has 1 aliphatic rings. The van der Waals surface area contributed by atoms with Gasteiger partial charge in [-0.05, 0) is 37.1 Å². The largest absolute Gasteiger partial charge is 0.296 e. The maximum atomic E-state index is 13.0. The molecule has 134 valence electrons. The first kappa shape index (κ1) is 16.8. The summed E-state index contributed by atoms with van der Waals surface area (Å²) in [7, 11) is 0. The lowest BCUT2D eigenvalue weighted by molar-refractivity contribution is 0.102. The Bertz CT molecular complexity index is 1170. The summed E-state index contributed by atoms with van der Waals surface area (Å²) in [6.07, 6.45) is 2.31. The summed E-state index contributed by atoms with van der Waals surface area (Å²) in [6, 6.07) is 13.2. The number of carbonyl (C=O) groups is 1. The topological polar surface area (TPSA) is 67.8 Å². The molecular weight excluding hydrogens is 400 g/mol. The number of nitrogens with one attached hydrogen (secondary N) is 1. The van der Waals surface area contributed by atoms with Crippen molar-refractivity contribution in [3.63, 3.8) is 0 Å². The zero-order valence-corrected chi connectivity index (χ0v) is 16.4. The molecule has 1 saturated carbocycles. The Labute approximate surface area is 168 Å². The first-order valence-electron chi connectivity index (χ1n) is 8.47. The van der Waals surface area contributed by atoms with Gasteiger partial charge in [0.05, 0.1) is 26.0 Å². The summed E-state index contributed by atoms with van der Waals surface area (Å²) >= 11 is 8.96. The molecule has 3 heterocycles. The number of carbonyl (C=O) groups excluding carboxylic acids is 1. The number of fused-ring (bicyclic) bond motifs is 1. The van der Waals surface area contributed by atoms with Crippen molar-refractivity contribution in [1.82, 2.24) is 15.2 Å². The van der Waals surface area contributed by atoms with Gasteiger partial charge in [0.15, 0.2) is 0 Å². The summed E-state index contributed by atoms with van der Waals surface area (Å²) in [5.74, 6) is 0.307. The minimum Gasteiger partial charge on any atom is -0.296 e. The Hall–Kier alpha value is -2.35. The number of aromatic nitrogens is 3. The van der Waals surface area contributed by atoms with Crippen LogP contribution in [0.5, 0.6) is 0 Å². The third kappa shape index (κ3) is 3.34. The summed E-state index contributed by atoms with van der Waals surface area (Å²) in [4.78, 5) is 18.6. The molecule has 1 amide bonds. The maximum absolute atomic E-state index is 13.0. The molecule has 5 rings (SSSR count). The van der Waals surface area contributed by atoms with Crippen molar-refractivity contribution in [1.29, 1.82) is 0 Å². The number of amides is 1. The Morgan fingerprint density at radius 1 is 1.11 bits per heavy atom. The van der Waals surface area contributed by atoms with E-state index in [1.807, 2.05) is 42.5 Å². The highest BCUT2D eigenvalue weighted by Crippen LogP contribution is 2.42. The molecule has 27 heavy (non-hydrogen) atoms. The fraction of sp³-hybridized carbons (Fsp3) is 0.158. The molecule has 1 fully saturated rings. The van der Waals surface area contributed by atoms with Crippen LogP contribution in [0.4, 0.5) is 5.13 Å². The molecule has 0 bridgehead atoms. The van der Waals surface area contributed by atoms with E-state index in [9.17, 15) is 4.79 Å². The number of pyridine rings is 1. The molecule has 0 atom stereocenters. The van der Waals surface area contributed by atoms with Gasteiger partial charge in [0.1, 0.15) is 5.01 Å². The van der Waals surface area contributed by atoms with Gasteiger partial charge < -0.3 is 0 Å². The molecule has 0 spiro atoms. The molecule has 0 radical (unpaired) electrons. The number of benzene rings is 1. The van der Waals surface area contributed by atoms with Crippen molar-refractivity contribution in [3.8, 4) is 10.6 Å². The lowest BCUT2D eigenvalue weighted by atomic mass is 10.1. The van der Waals surface area contributed by atoms with E-state index in [4.69, 9.17) is 16.6 Å². The van der Waals surface area contributed by atoms with Crippen molar-refractivity contribution in [2.75, 3.05) is 5.32 Å².